The zero-order valence-electron chi connectivity index (χ0n) is 10.9. The van der Waals surface area contributed by atoms with Crippen LogP contribution < -0.4 is 0 Å². The van der Waals surface area contributed by atoms with Crippen LogP contribution in [0, 0.1) is 0 Å². The van der Waals surface area contributed by atoms with E-state index in [4.69, 9.17) is 9.31 Å². The molecule has 0 aromatic heterocycles. The highest BCUT2D eigenvalue weighted by Gasteiger charge is 2.50. The van der Waals surface area contributed by atoms with E-state index in [-0.39, 0.29) is 18.3 Å². The third kappa shape index (κ3) is 2.20. The summed E-state index contributed by atoms with van der Waals surface area (Å²) < 4.78 is 11.9. The molecule has 2 rings (SSSR count). The van der Waals surface area contributed by atoms with Crippen LogP contribution in [0.15, 0.2) is 11.5 Å². The summed E-state index contributed by atoms with van der Waals surface area (Å²) in [7, 11) is -0.150. The fourth-order valence-corrected chi connectivity index (χ4v) is 2.74. The maximum Gasteiger partial charge on any atom is 0.487 e. The molecule has 0 aromatic carbocycles. The van der Waals surface area contributed by atoms with Crippen LogP contribution in [-0.2, 0) is 9.31 Å². The van der Waals surface area contributed by atoms with Crippen molar-refractivity contribution in [1.82, 2.24) is 0 Å². The number of hydrogen-bond donors (Lipinski definition) is 0. The van der Waals surface area contributed by atoms with Crippen LogP contribution in [0.5, 0.6) is 0 Å². The first-order chi connectivity index (χ1) is 7.34. The van der Waals surface area contributed by atoms with Crippen LogP contribution in [0.4, 0.5) is 0 Å². The summed E-state index contributed by atoms with van der Waals surface area (Å²) in [6.45, 7) is 8.38. The Morgan fingerprint density at radius 1 is 1.19 bits per heavy atom. The molecule has 2 nitrogen and oxygen atoms in total. The van der Waals surface area contributed by atoms with E-state index in [1.54, 1.807) is 0 Å². The molecule has 2 aliphatic rings. The van der Waals surface area contributed by atoms with Crippen molar-refractivity contribution in [3.05, 3.63) is 11.5 Å². The van der Waals surface area contributed by atoms with Crippen molar-refractivity contribution in [1.29, 1.82) is 0 Å². The van der Waals surface area contributed by atoms with Crippen LogP contribution in [0.3, 0.4) is 0 Å². The molecule has 1 heterocycles. The Hall–Kier alpha value is 0.0749. The van der Waals surface area contributed by atoms with Gasteiger partial charge in [0.15, 0.2) is 0 Å². The van der Waals surface area contributed by atoms with E-state index in [9.17, 15) is 0 Å². The van der Waals surface area contributed by atoms with Crippen molar-refractivity contribution in [3.8, 4) is 0 Å². The van der Waals surface area contributed by atoms with Gasteiger partial charge in [0.1, 0.15) is 0 Å². The largest absolute Gasteiger partial charge is 0.487 e. The van der Waals surface area contributed by atoms with Gasteiger partial charge in [0.2, 0.25) is 0 Å². The van der Waals surface area contributed by atoms with Crippen LogP contribution in [0.1, 0.15) is 40.5 Å². The van der Waals surface area contributed by atoms with Crippen molar-refractivity contribution in [2.45, 2.75) is 57.0 Å². The number of rotatable bonds is 2. The van der Waals surface area contributed by atoms with E-state index in [1.165, 1.54) is 18.4 Å². The fraction of sp³-hybridized carbons (Fsp3) is 0.833. The molecule has 2 fully saturated rings. The first-order valence-corrected chi connectivity index (χ1v) is 7.21. The molecule has 0 unspecified atom stereocenters. The Bertz CT molecular complexity index is 288. The van der Waals surface area contributed by atoms with Gasteiger partial charge in [0, 0.05) is 5.25 Å². The van der Waals surface area contributed by atoms with E-state index in [1.807, 2.05) is 11.8 Å². The molecular formula is C12H21BO2S. The Kier molecular flexibility index (Phi) is 3.19. The molecule has 0 aromatic rings. The van der Waals surface area contributed by atoms with Gasteiger partial charge >= 0.3 is 7.12 Å². The second kappa shape index (κ2) is 4.07. The zero-order valence-corrected chi connectivity index (χ0v) is 11.7. The third-order valence-corrected chi connectivity index (χ3v) is 4.96. The summed E-state index contributed by atoms with van der Waals surface area (Å²) in [6.07, 6.45) is 4.58. The average molecular weight is 240 g/mol. The van der Waals surface area contributed by atoms with Gasteiger partial charge in [-0.2, -0.15) is 11.8 Å². The molecule has 0 radical (unpaired) electrons. The second-order valence-electron chi connectivity index (χ2n) is 5.72. The molecule has 1 aliphatic carbocycles. The second-order valence-corrected chi connectivity index (χ2v) is 6.85. The van der Waals surface area contributed by atoms with Gasteiger partial charge in [-0.15, -0.1) is 0 Å². The summed E-state index contributed by atoms with van der Waals surface area (Å²) in [4.78, 5) is 0. The third-order valence-electron chi connectivity index (χ3n) is 3.96. The standard InChI is InChI=1S/C12H21BO2S/c1-11(2)12(3,4)15-13(14-11)8-9-6-10(7-9)16-5/h8,10H,6-7H2,1-5H3. The predicted octanol–water partition coefficient (Wildman–Crippen LogP) is 3.07. The van der Waals surface area contributed by atoms with Gasteiger partial charge < -0.3 is 9.31 Å². The molecule has 0 bridgehead atoms. The molecule has 0 amide bonds. The van der Waals surface area contributed by atoms with Crippen LogP contribution in [0.25, 0.3) is 0 Å². The summed E-state index contributed by atoms with van der Waals surface area (Å²) in [5.74, 6) is 2.17. The highest BCUT2D eigenvalue weighted by molar-refractivity contribution is 7.99. The summed E-state index contributed by atoms with van der Waals surface area (Å²) in [5.41, 5.74) is 1.06. The van der Waals surface area contributed by atoms with Gasteiger partial charge in [-0.3, -0.25) is 0 Å². The van der Waals surface area contributed by atoms with Gasteiger partial charge in [0.05, 0.1) is 11.2 Å². The van der Waals surface area contributed by atoms with E-state index in [2.05, 4.69) is 39.9 Å². The minimum absolute atomic E-state index is 0.150. The van der Waals surface area contributed by atoms with E-state index in [0.717, 1.165) is 5.25 Å². The minimum atomic E-state index is -0.211. The van der Waals surface area contributed by atoms with Crippen molar-refractivity contribution in [2.24, 2.45) is 0 Å². The van der Waals surface area contributed by atoms with Crippen LogP contribution in [0.2, 0.25) is 0 Å². The molecule has 90 valence electrons. The number of allylic oxidation sites excluding steroid dienone is 1. The lowest BCUT2D eigenvalue weighted by Gasteiger charge is -2.32. The molecule has 0 atom stereocenters. The predicted molar refractivity (Wildman–Crippen MR) is 70.7 cm³/mol. The van der Waals surface area contributed by atoms with Gasteiger partial charge in [-0.1, -0.05) is 11.5 Å². The van der Waals surface area contributed by atoms with E-state index < -0.39 is 0 Å². The van der Waals surface area contributed by atoms with E-state index >= 15 is 0 Å². The van der Waals surface area contributed by atoms with Crippen molar-refractivity contribution < 1.29 is 9.31 Å². The van der Waals surface area contributed by atoms with Crippen LogP contribution >= 0.6 is 11.8 Å². The molecule has 16 heavy (non-hydrogen) atoms. The van der Waals surface area contributed by atoms with Gasteiger partial charge in [0.25, 0.3) is 0 Å². The molecule has 4 heteroatoms. The van der Waals surface area contributed by atoms with Gasteiger partial charge in [-0.25, -0.2) is 0 Å². The Morgan fingerprint density at radius 2 is 1.69 bits per heavy atom. The summed E-state index contributed by atoms with van der Waals surface area (Å²) in [5, 5.41) is 0.814. The average Bonchev–Trinajstić information content (AvgIpc) is 2.27. The van der Waals surface area contributed by atoms with Crippen LogP contribution in [-0.4, -0.2) is 29.8 Å². The molecule has 0 spiro atoms. The molecule has 1 saturated heterocycles. The SMILES string of the molecule is CSC1CC(=CB2OC(C)(C)C(C)(C)O2)C1. The lowest BCUT2D eigenvalue weighted by Crippen LogP contribution is -2.41. The highest BCUT2D eigenvalue weighted by atomic mass is 32.2. The summed E-state index contributed by atoms with van der Waals surface area (Å²) in [6, 6.07) is 0. The molecule has 1 saturated carbocycles. The minimum Gasteiger partial charge on any atom is -0.400 e. The first-order valence-electron chi connectivity index (χ1n) is 5.92. The van der Waals surface area contributed by atoms with Crippen molar-refractivity contribution in [2.75, 3.05) is 6.26 Å². The zero-order chi connectivity index (χ0) is 12.0. The quantitative estimate of drug-likeness (QED) is 0.691. The topological polar surface area (TPSA) is 18.5 Å². The Labute approximate surface area is 103 Å². The van der Waals surface area contributed by atoms with Crippen molar-refractivity contribution >= 4 is 18.9 Å². The normalized spacial score (nSPS) is 31.4. The lowest BCUT2D eigenvalue weighted by atomic mass is 9.79. The summed E-state index contributed by atoms with van der Waals surface area (Å²) >= 11 is 1.95. The monoisotopic (exact) mass is 240 g/mol. The first kappa shape index (κ1) is 12.5. The Balaban J connectivity index is 1.95. The smallest absolute Gasteiger partial charge is 0.400 e. The number of thioether (sulfide) groups is 1. The number of hydrogen-bond acceptors (Lipinski definition) is 3. The molecular weight excluding hydrogens is 219 g/mol. The van der Waals surface area contributed by atoms with Gasteiger partial charge in [-0.05, 0) is 46.8 Å². The molecule has 0 N–H and O–H groups in total. The highest BCUT2D eigenvalue weighted by Crippen LogP contribution is 2.40. The lowest BCUT2D eigenvalue weighted by molar-refractivity contribution is 0.00578. The maximum atomic E-state index is 5.93. The molecule has 1 aliphatic heterocycles. The maximum absolute atomic E-state index is 5.93. The fourth-order valence-electron chi connectivity index (χ4n) is 1.98. The van der Waals surface area contributed by atoms with E-state index in [0.29, 0.717) is 0 Å². The van der Waals surface area contributed by atoms with Crippen molar-refractivity contribution in [3.63, 3.8) is 0 Å². The Morgan fingerprint density at radius 3 is 2.12 bits per heavy atom.